The van der Waals surface area contributed by atoms with Crippen LogP contribution in [0.2, 0.25) is 0 Å². The Kier molecular flexibility index (Phi) is 5.19. The fraction of sp³-hybridized carbons (Fsp3) is 0.538. The average molecular weight is 208 g/mol. The van der Waals surface area contributed by atoms with E-state index >= 15 is 0 Å². The lowest BCUT2D eigenvalue weighted by Crippen LogP contribution is -1.99. The van der Waals surface area contributed by atoms with E-state index < -0.39 is 0 Å². The molecule has 0 radical (unpaired) electrons. The number of aliphatic hydroxyl groups excluding tert-OH is 1. The molecule has 15 heavy (non-hydrogen) atoms. The standard InChI is InChI=1S/C13H20O2/c1-3-6-13(14)11-7-5-8-12(10-11)15-9-4-2/h5,7-8,10,13-14H,3-4,6,9H2,1-2H3. The monoisotopic (exact) mass is 208 g/mol. The number of rotatable bonds is 6. The highest BCUT2D eigenvalue weighted by Crippen LogP contribution is 2.22. The summed E-state index contributed by atoms with van der Waals surface area (Å²) >= 11 is 0. The Labute approximate surface area is 91.9 Å². The van der Waals surface area contributed by atoms with Gasteiger partial charge in [0.2, 0.25) is 0 Å². The van der Waals surface area contributed by atoms with Crippen molar-refractivity contribution in [2.24, 2.45) is 0 Å². The minimum Gasteiger partial charge on any atom is -0.494 e. The van der Waals surface area contributed by atoms with Crippen molar-refractivity contribution in [3.05, 3.63) is 29.8 Å². The summed E-state index contributed by atoms with van der Waals surface area (Å²) < 4.78 is 5.51. The molecule has 2 nitrogen and oxygen atoms in total. The molecule has 0 amide bonds. The summed E-state index contributed by atoms with van der Waals surface area (Å²) in [5.74, 6) is 0.851. The lowest BCUT2D eigenvalue weighted by atomic mass is 10.1. The van der Waals surface area contributed by atoms with E-state index in [1.165, 1.54) is 0 Å². The first kappa shape index (κ1) is 12.1. The first-order chi connectivity index (χ1) is 7.27. The first-order valence-corrected chi connectivity index (χ1v) is 5.68. The summed E-state index contributed by atoms with van der Waals surface area (Å²) in [7, 11) is 0. The summed E-state index contributed by atoms with van der Waals surface area (Å²) in [5, 5.41) is 9.81. The molecule has 0 saturated heterocycles. The predicted molar refractivity (Wildman–Crippen MR) is 62.1 cm³/mol. The van der Waals surface area contributed by atoms with Crippen LogP contribution in [0.4, 0.5) is 0 Å². The van der Waals surface area contributed by atoms with E-state index in [4.69, 9.17) is 4.74 Å². The van der Waals surface area contributed by atoms with Crippen LogP contribution in [0, 0.1) is 0 Å². The highest BCUT2D eigenvalue weighted by atomic mass is 16.5. The van der Waals surface area contributed by atoms with Gasteiger partial charge in [0.25, 0.3) is 0 Å². The molecule has 0 bridgehead atoms. The van der Waals surface area contributed by atoms with Crippen molar-refractivity contribution in [1.29, 1.82) is 0 Å². The molecule has 1 aromatic carbocycles. The van der Waals surface area contributed by atoms with E-state index in [9.17, 15) is 5.11 Å². The molecule has 1 unspecified atom stereocenters. The predicted octanol–water partition coefficient (Wildman–Crippen LogP) is 3.31. The molecule has 0 aromatic heterocycles. The van der Waals surface area contributed by atoms with Gasteiger partial charge >= 0.3 is 0 Å². The molecule has 1 atom stereocenters. The molecule has 0 spiro atoms. The van der Waals surface area contributed by atoms with Crippen LogP contribution in [-0.2, 0) is 0 Å². The van der Waals surface area contributed by atoms with E-state index in [-0.39, 0.29) is 6.10 Å². The molecular formula is C13H20O2. The number of benzene rings is 1. The SMILES string of the molecule is CCCOc1cccc(C(O)CCC)c1. The van der Waals surface area contributed by atoms with Crippen molar-refractivity contribution in [2.45, 2.75) is 39.2 Å². The van der Waals surface area contributed by atoms with Gasteiger partial charge in [0, 0.05) is 0 Å². The third-order valence-electron chi connectivity index (χ3n) is 2.28. The third-order valence-corrected chi connectivity index (χ3v) is 2.28. The Morgan fingerprint density at radius 1 is 1.27 bits per heavy atom. The van der Waals surface area contributed by atoms with Crippen LogP contribution in [-0.4, -0.2) is 11.7 Å². The zero-order valence-corrected chi connectivity index (χ0v) is 9.57. The summed E-state index contributed by atoms with van der Waals surface area (Å²) in [4.78, 5) is 0. The van der Waals surface area contributed by atoms with Gasteiger partial charge in [0.1, 0.15) is 5.75 Å². The van der Waals surface area contributed by atoms with Crippen molar-refractivity contribution >= 4 is 0 Å². The number of hydrogen-bond acceptors (Lipinski definition) is 2. The Hall–Kier alpha value is -1.02. The van der Waals surface area contributed by atoms with Crippen LogP contribution in [0.1, 0.15) is 44.8 Å². The van der Waals surface area contributed by atoms with E-state index in [0.717, 1.165) is 37.2 Å². The number of aliphatic hydroxyl groups is 1. The minimum absolute atomic E-state index is 0.361. The van der Waals surface area contributed by atoms with E-state index in [2.05, 4.69) is 13.8 Å². The van der Waals surface area contributed by atoms with Crippen molar-refractivity contribution in [2.75, 3.05) is 6.61 Å². The van der Waals surface area contributed by atoms with Crippen LogP contribution < -0.4 is 4.74 Å². The highest BCUT2D eigenvalue weighted by Gasteiger charge is 2.06. The third kappa shape index (κ3) is 3.92. The molecule has 1 rings (SSSR count). The lowest BCUT2D eigenvalue weighted by Gasteiger charge is -2.11. The molecule has 0 aliphatic heterocycles. The van der Waals surface area contributed by atoms with Crippen molar-refractivity contribution < 1.29 is 9.84 Å². The summed E-state index contributed by atoms with van der Waals surface area (Å²) in [6, 6.07) is 7.73. The highest BCUT2D eigenvalue weighted by molar-refractivity contribution is 5.29. The van der Waals surface area contributed by atoms with Crippen molar-refractivity contribution in [1.82, 2.24) is 0 Å². The van der Waals surface area contributed by atoms with Gasteiger partial charge in [-0.15, -0.1) is 0 Å². The smallest absolute Gasteiger partial charge is 0.119 e. The van der Waals surface area contributed by atoms with E-state index in [0.29, 0.717) is 0 Å². The maximum absolute atomic E-state index is 9.81. The van der Waals surface area contributed by atoms with E-state index in [1.807, 2.05) is 24.3 Å². The second-order valence-corrected chi connectivity index (χ2v) is 3.73. The zero-order valence-electron chi connectivity index (χ0n) is 9.57. The Morgan fingerprint density at radius 2 is 2.07 bits per heavy atom. The Balaban J connectivity index is 2.64. The van der Waals surface area contributed by atoms with Crippen LogP contribution in [0.5, 0.6) is 5.75 Å². The van der Waals surface area contributed by atoms with Gasteiger partial charge in [-0.3, -0.25) is 0 Å². The molecule has 0 aliphatic rings. The van der Waals surface area contributed by atoms with Gasteiger partial charge in [-0.2, -0.15) is 0 Å². The van der Waals surface area contributed by atoms with Gasteiger partial charge in [0.15, 0.2) is 0 Å². The fourth-order valence-electron chi connectivity index (χ4n) is 1.47. The largest absolute Gasteiger partial charge is 0.494 e. The average Bonchev–Trinajstić information content (AvgIpc) is 2.27. The molecule has 0 saturated carbocycles. The van der Waals surface area contributed by atoms with Gasteiger partial charge in [-0.05, 0) is 30.5 Å². The van der Waals surface area contributed by atoms with Crippen LogP contribution in [0.3, 0.4) is 0 Å². The van der Waals surface area contributed by atoms with Gasteiger partial charge in [-0.1, -0.05) is 32.4 Å². The van der Waals surface area contributed by atoms with Crippen LogP contribution in [0.15, 0.2) is 24.3 Å². The normalized spacial score (nSPS) is 12.5. The zero-order chi connectivity index (χ0) is 11.1. The molecule has 1 aromatic rings. The summed E-state index contributed by atoms with van der Waals surface area (Å²) in [6.45, 7) is 4.88. The lowest BCUT2D eigenvalue weighted by molar-refractivity contribution is 0.166. The number of ether oxygens (including phenoxy) is 1. The Bertz CT molecular complexity index is 284. The molecule has 1 N–H and O–H groups in total. The van der Waals surface area contributed by atoms with Gasteiger partial charge in [0.05, 0.1) is 12.7 Å². The summed E-state index contributed by atoms with van der Waals surface area (Å²) in [5.41, 5.74) is 0.949. The second-order valence-electron chi connectivity index (χ2n) is 3.73. The number of hydrogen-bond donors (Lipinski definition) is 1. The molecule has 0 aliphatic carbocycles. The maximum Gasteiger partial charge on any atom is 0.119 e. The van der Waals surface area contributed by atoms with Gasteiger partial charge < -0.3 is 9.84 Å². The quantitative estimate of drug-likeness (QED) is 0.777. The minimum atomic E-state index is -0.361. The molecular weight excluding hydrogens is 188 g/mol. The van der Waals surface area contributed by atoms with Crippen LogP contribution >= 0.6 is 0 Å². The Morgan fingerprint density at radius 3 is 2.73 bits per heavy atom. The molecule has 0 heterocycles. The second kappa shape index (κ2) is 6.46. The van der Waals surface area contributed by atoms with E-state index in [1.54, 1.807) is 0 Å². The summed E-state index contributed by atoms with van der Waals surface area (Å²) in [6.07, 6.45) is 2.43. The topological polar surface area (TPSA) is 29.5 Å². The van der Waals surface area contributed by atoms with Crippen molar-refractivity contribution in [3.63, 3.8) is 0 Å². The molecule has 2 heteroatoms. The fourth-order valence-corrected chi connectivity index (χ4v) is 1.47. The van der Waals surface area contributed by atoms with Crippen LogP contribution in [0.25, 0.3) is 0 Å². The molecule has 84 valence electrons. The van der Waals surface area contributed by atoms with Crippen molar-refractivity contribution in [3.8, 4) is 5.75 Å². The first-order valence-electron chi connectivity index (χ1n) is 5.68. The molecule has 0 fully saturated rings. The maximum atomic E-state index is 9.81. The van der Waals surface area contributed by atoms with Gasteiger partial charge in [-0.25, -0.2) is 0 Å².